The summed E-state index contributed by atoms with van der Waals surface area (Å²) in [4.78, 5) is 12.5. The van der Waals surface area contributed by atoms with Gasteiger partial charge in [-0.25, -0.2) is 17.5 Å². The number of halogens is 2. The van der Waals surface area contributed by atoms with Crippen LogP contribution in [0.15, 0.2) is 83.8 Å². The molecule has 0 radical (unpaired) electrons. The average molecular weight is 447 g/mol. The van der Waals surface area contributed by atoms with Gasteiger partial charge < -0.3 is 5.32 Å². The summed E-state index contributed by atoms with van der Waals surface area (Å²) in [5, 5.41) is 3.53. The summed E-state index contributed by atoms with van der Waals surface area (Å²) in [6.45, 7) is -0.0896. The van der Waals surface area contributed by atoms with E-state index in [1.54, 1.807) is 12.1 Å². The predicted octanol–water partition coefficient (Wildman–Crippen LogP) is 4.05. The number of carbonyl (C=O) groups excluding carboxylic acids is 1. The van der Waals surface area contributed by atoms with Gasteiger partial charge in [0.15, 0.2) is 0 Å². The molecule has 0 aromatic heterocycles. The molecule has 0 saturated heterocycles. The summed E-state index contributed by atoms with van der Waals surface area (Å²) in [7, 11) is -3.82. The van der Waals surface area contributed by atoms with Crippen LogP contribution in [-0.2, 0) is 14.8 Å². The molecule has 0 spiro atoms. The number of rotatable bonds is 8. The molecule has 0 bridgehead atoms. The van der Waals surface area contributed by atoms with Gasteiger partial charge in [-0.3, -0.25) is 4.79 Å². The second-order valence-electron chi connectivity index (χ2n) is 6.56. The predicted molar refractivity (Wildman–Crippen MR) is 114 cm³/mol. The lowest BCUT2D eigenvalue weighted by molar-refractivity contribution is -0.121. The third kappa shape index (κ3) is 5.89. The van der Waals surface area contributed by atoms with Gasteiger partial charge >= 0.3 is 0 Å². The number of amides is 1. The molecule has 5 nitrogen and oxygen atoms in total. The molecule has 3 aromatic carbocycles. The van der Waals surface area contributed by atoms with E-state index in [0.29, 0.717) is 5.02 Å². The number of nitrogens with one attached hydrogen (secondary N) is 2. The lowest BCUT2D eigenvalue weighted by Crippen LogP contribution is -2.33. The highest BCUT2D eigenvalue weighted by Gasteiger charge is 2.18. The van der Waals surface area contributed by atoms with E-state index in [9.17, 15) is 17.6 Å². The first-order chi connectivity index (χ1) is 14.3. The molecule has 2 N–H and O–H groups in total. The van der Waals surface area contributed by atoms with E-state index in [1.807, 2.05) is 42.5 Å². The highest BCUT2D eigenvalue weighted by atomic mass is 35.5. The Morgan fingerprint density at radius 1 is 0.900 bits per heavy atom. The molecule has 0 aliphatic rings. The van der Waals surface area contributed by atoms with Crippen molar-refractivity contribution >= 4 is 27.5 Å². The van der Waals surface area contributed by atoms with Crippen LogP contribution in [0.25, 0.3) is 0 Å². The van der Waals surface area contributed by atoms with E-state index in [0.717, 1.165) is 23.3 Å². The van der Waals surface area contributed by atoms with Gasteiger partial charge in [-0.15, -0.1) is 0 Å². The topological polar surface area (TPSA) is 75.3 Å². The van der Waals surface area contributed by atoms with Gasteiger partial charge in [0.05, 0.1) is 10.9 Å². The van der Waals surface area contributed by atoms with Crippen LogP contribution in [0.4, 0.5) is 4.39 Å². The van der Waals surface area contributed by atoms with Crippen molar-refractivity contribution in [3.8, 4) is 0 Å². The molecule has 1 amide bonds. The quantitative estimate of drug-likeness (QED) is 0.548. The smallest absolute Gasteiger partial charge is 0.240 e. The Hall–Kier alpha value is -2.74. The van der Waals surface area contributed by atoms with E-state index >= 15 is 0 Å². The largest absolute Gasteiger partial charge is 0.345 e. The summed E-state index contributed by atoms with van der Waals surface area (Å²) in [6, 6.07) is 20.7. The molecule has 0 aliphatic carbocycles. The van der Waals surface area contributed by atoms with E-state index in [4.69, 9.17) is 11.6 Å². The lowest BCUT2D eigenvalue weighted by Gasteiger charge is -2.20. The van der Waals surface area contributed by atoms with Gasteiger partial charge in [0, 0.05) is 18.0 Å². The molecule has 1 atom stereocenters. The Labute approximate surface area is 179 Å². The first kappa shape index (κ1) is 22.0. The van der Waals surface area contributed by atoms with Crippen molar-refractivity contribution in [3.05, 3.63) is 101 Å². The molecule has 8 heteroatoms. The first-order valence-electron chi connectivity index (χ1n) is 9.20. The number of carbonyl (C=O) groups is 1. The van der Waals surface area contributed by atoms with Crippen molar-refractivity contribution in [2.45, 2.75) is 17.4 Å². The van der Waals surface area contributed by atoms with E-state index in [2.05, 4.69) is 10.0 Å². The van der Waals surface area contributed by atoms with Gasteiger partial charge in [-0.05, 0) is 47.5 Å². The van der Waals surface area contributed by atoms with Crippen LogP contribution in [0, 0.1) is 5.82 Å². The van der Waals surface area contributed by atoms with Gasteiger partial charge in [0.2, 0.25) is 15.9 Å². The Morgan fingerprint density at radius 2 is 1.50 bits per heavy atom. The minimum absolute atomic E-state index is 0.0582. The van der Waals surface area contributed by atoms with Crippen LogP contribution in [0.2, 0.25) is 5.02 Å². The number of benzene rings is 3. The zero-order chi connectivity index (χ0) is 21.6. The molecule has 156 valence electrons. The zero-order valence-electron chi connectivity index (χ0n) is 15.9. The SMILES string of the molecule is O=C(CCNS(=O)(=O)c1ccc(F)cc1)NC(c1ccccc1)c1ccc(Cl)cc1. The van der Waals surface area contributed by atoms with E-state index in [-0.39, 0.29) is 23.8 Å². The van der Waals surface area contributed by atoms with Crippen molar-refractivity contribution in [2.75, 3.05) is 6.54 Å². The number of sulfonamides is 1. The van der Waals surface area contributed by atoms with Gasteiger partial charge in [0.1, 0.15) is 5.82 Å². The van der Waals surface area contributed by atoms with Crippen LogP contribution < -0.4 is 10.0 Å². The van der Waals surface area contributed by atoms with Gasteiger partial charge in [0.25, 0.3) is 0 Å². The van der Waals surface area contributed by atoms with Crippen LogP contribution in [0.5, 0.6) is 0 Å². The van der Waals surface area contributed by atoms with Crippen molar-refractivity contribution in [1.29, 1.82) is 0 Å². The maximum atomic E-state index is 13.0. The molecular formula is C22H20ClFN2O3S. The molecule has 30 heavy (non-hydrogen) atoms. The molecule has 1 unspecified atom stereocenters. The second kappa shape index (κ2) is 9.84. The van der Waals surface area contributed by atoms with E-state index in [1.165, 1.54) is 12.1 Å². The monoisotopic (exact) mass is 446 g/mol. The molecule has 0 fully saturated rings. The summed E-state index contributed by atoms with van der Waals surface area (Å²) >= 11 is 5.97. The Kier molecular flexibility index (Phi) is 7.20. The minimum atomic E-state index is -3.82. The van der Waals surface area contributed by atoms with Gasteiger partial charge in [-0.2, -0.15) is 0 Å². The Bertz CT molecular complexity index is 1090. The maximum absolute atomic E-state index is 13.0. The highest BCUT2D eigenvalue weighted by Crippen LogP contribution is 2.23. The van der Waals surface area contributed by atoms with Crippen LogP contribution in [-0.4, -0.2) is 20.9 Å². The molecule has 0 heterocycles. The fourth-order valence-corrected chi connectivity index (χ4v) is 4.05. The summed E-state index contributed by atoms with van der Waals surface area (Å²) in [5.74, 6) is -0.844. The molecule has 3 aromatic rings. The van der Waals surface area contributed by atoms with Crippen molar-refractivity contribution < 1.29 is 17.6 Å². The number of hydrogen-bond acceptors (Lipinski definition) is 3. The standard InChI is InChI=1S/C22H20ClFN2O3S/c23-18-8-6-17(7-9-18)22(16-4-2-1-3-5-16)26-21(27)14-15-25-30(28,29)20-12-10-19(24)11-13-20/h1-13,22,25H,14-15H2,(H,26,27). The van der Waals surface area contributed by atoms with Crippen molar-refractivity contribution in [1.82, 2.24) is 10.0 Å². The zero-order valence-corrected chi connectivity index (χ0v) is 17.5. The van der Waals surface area contributed by atoms with Gasteiger partial charge in [-0.1, -0.05) is 54.1 Å². The summed E-state index contributed by atoms with van der Waals surface area (Å²) in [6.07, 6.45) is -0.0582. The highest BCUT2D eigenvalue weighted by molar-refractivity contribution is 7.89. The number of hydrogen-bond donors (Lipinski definition) is 2. The molecule has 0 aliphatic heterocycles. The molecule has 0 saturated carbocycles. The lowest BCUT2D eigenvalue weighted by atomic mass is 9.98. The Morgan fingerprint density at radius 3 is 2.13 bits per heavy atom. The summed E-state index contributed by atoms with van der Waals surface area (Å²) in [5.41, 5.74) is 1.74. The minimum Gasteiger partial charge on any atom is -0.345 e. The second-order valence-corrected chi connectivity index (χ2v) is 8.77. The molecular weight excluding hydrogens is 427 g/mol. The fourth-order valence-electron chi connectivity index (χ4n) is 2.89. The summed E-state index contributed by atoms with van der Waals surface area (Å²) < 4.78 is 39.8. The first-order valence-corrected chi connectivity index (χ1v) is 11.1. The Balaban J connectivity index is 1.65. The average Bonchev–Trinajstić information content (AvgIpc) is 2.73. The van der Waals surface area contributed by atoms with Crippen molar-refractivity contribution in [2.24, 2.45) is 0 Å². The van der Waals surface area contributed by atoms with Crippen molar-refractivity contribution in [3.63, 3.8) is 0 Å². The molecule has 3 rings (SSSR count). The normalized spacial score (nSPS) is 12.3. The fraction of sp³-hybridized carbons (Fsp3) is 0.136. The third-order valence-electron chi connectivity index (χ3n) is 4.41. The van der Waals surface area contributed by atoms with Crippen LogP contribution in [0.3, 0.4) is 0 Å². The van der Waals surface area contributed by atoms with Crippen LogP contribution >= 0.6 is 11.6 Å². The van der Waals surface area contributed by atoms with E-state index < -0.39 is 21.9 Å². The maximum Gasteiger partial charge on any atom is 0.240 e. The van der Waals surface area contributed by atoms with Crippen LogP contribution in [0.1, 0.15) is 23.6 Å². The third-order valence-corrected chi connectivity index (χ3v) is 6.14.